The molecule has 8 bridgehead atoms. The van der Waals surface area contributed by atoms with E-state index in [1.807, 2.05) is 78.9 Å². The van der Waals surface area contributed by atoms with Gasteiger partial charge in [-0.25, -0.2) is 29.9 Å². The lowest BCUT2D eigenvalue weighted by Gasteiger charge is -2.04. The Morgan fingerprint density at radius 3 is 1.38 bits per heavy atom. The van der Waals surface area contributed by atoms with Crippen molar-refractivity contribution in [3.8, 4) is 51.3 Å². The van der Waals surface area contributed by atoms with Gasteiger partial charge in [-0.2, -0.15) is 8.42 Å². The number of aromatic nitrogens is 8. The van der Waals surface area contributed by atoms with E-state index in [1.165, 1.54) is 0 Å². The van der Waals surface area contributed by atoms with E-state index in [0.29, 0.717) is 56.7 Å². The summed E-state index contributed by atoms with van der Waals surface area (Å²) >= 11 is 0. The van der Waals surface area contributed by atoms with E-state index < -0.39 is 10.1 Å². The molecule has 0 fully saturated rings. The largest absolute Gasteiger partial charge is 0.382 e. The minimum absolute atomic E-state index is 0.117. The van der Waals surface area contributed by atoms with Crippen molar-refractivity contribution >= 4 is 54.3 Å². The summed E-state index contributed by atoms with van der Waals surface area (Å²) in [5.41, 5.74) is 5.18. The van der Waals surface area contributed by atoms with Gasteiger partial charge in [0, 0.05) is 38.4 Å². The number of nitrogens with zero attached hydrogens (tertiary/aromatic N) is 6. The molecule has 0 unspecified atom stereocenters. The third kappa shape index (κ3) is 4.07. The monoisotopic (exact) mass is 608 g/mol. The summed E-state index contributed by atoms with van der Waals surface area (Å²) in [6.07, 6.45) is 1.00. The molecule has 2 aliphatic heterocycles. The number of aromatic amines is 2. The van der Waals surface area contributed by atoms with E-state index in [2.05, 4.69) is 9.97 Å². The molecule has 0 spiro atoms. The Kier molecular flexibility index (Phi) is 5.23. The summed E-state index contributed by atoms with van der Waals surface area (Å²) in [5, 5.41) is 2.82. The summed E-state index contributed by atoms with van der Waals surface area (Å²) in [4.78, 5) is 36.3. The summed E-state index contributed by atoms with van der Waals surface area (Å²) in [6.45, 7) is 0. The number of H-pyrrole nitrogens is 2. The number of rotatable bonds is 2. The highest BCUT2D eigenvalue weighted by Gasteiger charge is 2.23. The van der Waals surface area contributed by atoms with Crippen molar-refractivity contribution in [3.05, 3.63) is 91.0 Å². The average molecular weight is 609 g/mol. The van der Waals surface area contributed by atoms with Crippen molar-refractivity contribution < 1.29 is 12.6 Å². The van der Waals surface area contributed by atoms with Gasteiger partial charge in [-0.1, -0.05) is 84.9 Å². The molecule has 4 aromatic carbocycles. The first-order chi connectivity index (χ1) is 21.9. The van der Waals surface area contributed by atoms with Gasteiger partial charge < -0.3 is 14.2 Å². The Morgan fingerprint density at radius 1 is 0.489 bits per heavy atom. The third-order valence-corrected chi connectivity index (χ3v) is 8.26. The van der Waals surface area contributed by atoms with Gasteiger partial charge in [-0.05, 0) is 6.07 Å². The maximum absolute atomic E-state index is 12.3. The zero-order valence-electron chi connectivity index (χ0n) is 23.5. The van der Waals surface area contributed by atoms with Crippen LogP contribution in [0.15, 0.2) is 91.0 Å². The molecule has 5 heterocycles. The molecule has 7 aromatic rings. The van der Waals surface area contributed by atoms with Crippen molar-refractivity contribution in [1.29, 1.82) is 0 Å². The molecule has 12 heteroatoms. The number of hydrogen-bond donors (Lipinski definition) is 2. The highest BCUT2D eigenvalue weighted by atomic mass is 32.2. The average Bonchev–Trinajstić information content (AvgIpc) is 3.76. The second-order valence-corrected chi connectivity index (χ2v) is 12.3. The summed E-state index contributed by atoms with van der Waals surface area (Å²) < 4.78 is 29.9. The Balaban J connectivity index is 1.50. The molecule has 216 valence electrons. The lowest BCUT2D eigenvalue weighted by atomic mass is 10.1. The van der Waals surface area contributed by atoms with Crippen LogP contribution in [-0.2, 0) is 10.1 Å². The molecule has 9 rings (SSSR count). The summed E-state index contributed by atoms with van der Waals surface area (Å²) in [6, 6.07) is 28.5. The lowest BCUT2D eigenvalue weighted by Crippen LogP contribution is -2.05. The Labute approximate surface area is 254 Å². The van der Waals surface area contributed by atoms with Gasteiger partial charge in [0.25, 0.3) is 0 Å². The van der Waals surface area contributed by atoms with Crippen LogP contribution in [0.5, 0.6) is 5.75 Å². The molecule has 3 aromatic heterocycles. The molecule has 0 saturated heterocycles. The van der Waals surface area contributed by atoms with Crippen LogP contribution in [0.4, 0.5) is 0 Å². The minimum atomic E-state index is -3.85. The molecule has 45 heavy (non-hydrogen) atoms. The van der Waals surface area contributed by atoms with Crippen molar-refractivity contribution in [2.45, 2.75) is 0 Å². The highest BCUT2D eigenvalue weighted by Crippen LogP contribution is 2.38. The van der Waals surface area contributed by atoms with E-state index in [4.69, 9.17) is 34.1 Å². The van der Waals surface area contributed by atoms with Gasteiger partial charge in [0.1, 0.15) is 22.6 Å². The number of nitrogens with one attached hydrogen (secondary N) is 2. The molecule has 2 N–H and O–H groups in total. The van der Waals surface area contributed by atoms with Crippen LogP contribution in [0.1, 0.15) is 0 Å². The molecule has 0 atom stereocenters. The summed E-state index contributed by atoms with van der Waals surface area (Å²) in [5.74, 6) is 1.94. The van der Waals surface area contributed by atoms with Crippen LogP contribution in [0.3, 0.4) is 0 Å². The maximum Gasteiger partial charge on any atom is 0.306 e. The first-order valence-corrected chi connectivity index (χ1v) is 15.8. The van der Waals surface area contributed by atoms with E-state index in [9.17, 15) is 8.42 Å². The third-order valence-electron chi connectivity index (χ3n) is 7.78. The van der Waals surface area contributed by atoms with E-state index in [0.717, 1.165) is 39.3 Å². The van der Waals surface area contributed by atoms with Gasteiger partial charge in [-0.3, -0.25) is 0 Å². The van der Waals surface area contributed by atoms with Crippen LogP contribution >= 0.6 is 0 Å². The fourth-order valence-corrected chi connectivity index (χ4v) is 6.36. The lowest BCUT2D eigenvalue weighted by molar-refractivity contribution is 0.496. The topological polar surface area (TPSA) is 152 Å². The van der Waals surface area contributed by atoms with Gasteiger partial charge in [-0.15, -0.1) is 0 Å². The van der Waals surface area contributed by atoms with Gasteiger partial charge in [0.05, 0.1) is 11.6 Å². The van der Waals surface area contributed by atoms with Crippen LogP contribution in [0.25, 0.3) is 89.7 Å². The standard InChI is InChI=1S/C33H20N8O3S/c1-45(42,43)44-24-16-8-15-23-25(24)33-40-31-22-14-7-6-13-21(22)29(38-31)36-27-18-10-3-2-9-17(18)26(34-27)35-28-19-11-4-5-12-20(19)30(37-28)39-32(23)41-33/h2-16H,1H3,(H2,34,35,36,37,38,39,40,41). The molecular formula is C33H20N8O3S. The molecule has 0 radical (unpaired) electrons. The van der Waals surface area contributed by atoms with E-state index in [1.54, 1.807) is 12.1 Å². The number of hydrogen-bond acceptors (Lipinski definition) is 9. The fourth-order valence-electron chi connectivity index (χ4n) is 5.89. The molecule has 0 aliphatic carbocycles. The smallest absolute Gasteiger partial charge is 0.306 e. The van der Waals surface area contributed by atoms with Crippen molar-refractivity contribution in [2.75, 3.05) is 6.26 Å². The van der Waals surface area contributed by atoms with Gasteiger partial charge in [0.15, 0.2) is 29.0 Å². The first kappa shape index (κ1) is 25.5. The quantitative estimate of drug-likeness (QED) is 0.218. The second kappa shape index (κ2) is 9.24. The fraction of sp³-hybridized carbons (Fsp3) is 0.0303. The zero-order chi connectivity index (χ0) is 30.3. The zero-order valence-corrected chi connectivity index (χ0v) is 24.3. The Hall–Kier alpha value is -6.01. The van der Waals surface area contributed by atoms with Crippen LogP contribution in [-0.4, -0.2) is 54.5 Å². The van der Waals surface area contributed by atoms with E-state index >= 15 is 0 Å². The molecular weight excluding hydrogens is 588 g/mol. The Bertz CT molecular complexity index is 2680. The Morgan fingerprint density at radius 2 is 0.889 bits per heavy atom. The molecule has 2 aliphatic rings. The van der Waals surface area contributed by atoms with Crippen molar-refractivity contribution in [1.82, 2.24) is 39.9 Å². The molecule has 0 saturated carbocycles. The van der Waals surface area contributed by atoms with Crippen LogP contribution in [0.2, 0.25) is 0 Å². The van der Waals surface area contributed by atoms with Gasteiger partial charge >= 0.3 is 10.1 Å². The molecule has 0 amide bonds. The van der Waals surface area contributed by atoms with Crippen molar-refractivity contribution in [3.63, 3.8) is 0 Å². The first-order valence-electron chi connectivity index (χ1n) is 14.0. The SMILES string of the molecule is CS(=O)(=O)Oc1cccc2c3nc4nc(nc5[nH]c(nc6nc(nc([nH]3)c12)-c1ccccc1-6)c1ccccc51)-c1ccccc1-4. The predicted octanol–water partition coefficient (Wildman–Crippen LogP) is 6.21. The summed E-state index contributed by atoms with van der Waals surface area (Å²) in [7, 11) is -3.85. The second-order valence-electron chi connectivity index (χ2n) is 10.7. The highest BCUT2D eigenvalue weighted by molar-refractivity contribution is 7.86. The van der Waals surface area contributed by atoms with Crippen molar-refractivity contribution in [2.24, 2.45) is 0 Å². The van der Waals surface area contributed by atoms with E-state index in [-0.39, 0.29) is 5.75 Å². The van der Waals surface area contributed by atoms with Gasteiger partial charge in [0.2, 0.25) is 0 Å². The normalized spacial score (nSPS) is 12.3. The van der Waals surface area contributed by atoms with Crippen LogP contribution in [0, 0.1) is 0 Å². The predicted molar refractivity (Wildman–Crippen MR) is 172 cm³/mol. The minimum Gasteiger partial charge on any atom is -0.382 e. The number of fused-ring (bicyclic) bond motifs is 20. The number of benzene rings is 4. The van der Waals surface area contributed by atoms with Crippen LogP contribution < -0.4 is 4.18 Å². The molecule has 11 nitrogen and oxygen atoms in total. The maximum atomic E-state index is 12.3.